The number of aromatic nitrogens is 2. The fourth-order valence-corrected chi connectivity index (χ4v) is 2.21. The van der Waals surface area contributed by atoms with Crippen molar-refractivity contribution >= 4 is 11.5 Å². The molecule has 1 aromatic carbocycles. The first-order valence-electron chi connectivity index (χ1n) is 5.76. The third kappa shape index (κ3) is 1.76. The molecule has 17 heavy (non-hydrogen) atoms. The van der Waals surface area contributed by atoms with Gasteiger partial charge in [0.2, 0.25) is 0 Å². The molecule has 2 heterocycles. The van der Waals surface area contributed by atoms with Crippen LogP contribution in [0.3, 0.4) is 0 Å². The summed E-state index contributed by atoms with van der Waals surface area (Å²) in [5.41, 5.74) is 8.19. The molecule has 3 rings (SSSR count). The van der Waals surface area contributed by atoms with Crippen LogP contribution >= 0.6 is 0 Å². The van der Waals surface area contributed by atoms with Gasteiger partial charge in [-0.3, -0.25) is 0 Å². The molecule has 0 aliphatic carbocycles. The summed E-state index contributed by atoms with van der Waals surface area (Å²) in [5.74, 6) is 1.62. The minimum absolute atomic E-state index is 0.378. The molecule has 0 fully saturated rings. The van der Waals surface area contributed by atoms with Gasteiger partial charge >= 0.3 is 0 Å². The van der Waals surface area contributed by atoms with Gasteiger partial charge in [-0.2, -0.15) is 0 Å². The number of anilines is 2. The van der Waals surface area contributed by atoms with Gasteiger partial charge in [0.15, 0.2) is 0 Å². The van der Waals surface area contributed by atoms with Gasteiger partial charge in [-0.05, 0) is 24.1 Å². The molecular weight excluding hydrogens is 212 g/mol. The smallest absolute Gasteiger partial charge is 0.144 e. The highest BCUT2D eigenvalue weighted by molar-refractivity contribution is 5.67. The van der Waals surface area contributed by atoms with E-state index in [4.69, 9.17) is 5.73 Å². The molecule has 0 unspecified atom stereocenters. The maximum Gasteiger partial charge on any atom is 0.144 e. The Hall–Kier alpha value is -1.94. The third-order valence-corrected chi connectivity index (χ3v) is 3.04. The van der Waals surface area contributed by atoms with E-state index in [2.05, 4.69) is 39.1 Å². The van der Waals surface area contributed by atoms with Gasteiger partial charge in [-0.25, -0.2) is 9.97 Å². The zero-order chi connectivity index (χ0) is 11.7. The minimum Gasteiger partial charge on any atom is -0.326 e. The van der Waals surface area contributed by atoms with E-state index in [9.17, 15) is 0 Å². The van der Waals surface area contributed by atoms with E-state index in [1.165, 1.54) is 11.3 Å². The number of hydrogen-bond acceptors (Lipinski definition) is 4. The maximum atomic E-state index is 5.57. The molecule has 0 amide bonds. The van der Waals surface area contributed by atoms with Gasteiger partial charge in [-0.1, -0.05) is 18.2 Å². The summed E-state index contributed by atoms with van der Waals surface area (Å²) in [6.07, 6.45) is 2.84. The monoisotopic (exact) mass is 226 g/mol. The van der Waals surface area contributed by atoms with E-state index in [1.807, 2.05) is 6.07 Å². The molecule has 0 radical (unpaired) electrons. The van der Waals surface area contributed by atoms with Crippen LogP contribution in [0, 0.1) is 0 Å². The molecule has 4 heteroatoms. The van der Waals surface area contributed by atoms with Crippen LogP contribution < -0.4 is 10.6 Å². The van der Waals surface area contributed by atoms with E-state index in [1.54, 1.807) is 6.20 Å². The number of benzene rings is 1. The second-order valence-corrected chi connectivity index (χ2v) is 4.07. The third-order valence-electron chi connectivity index (χ3n) is 3.04. The first-order chi connectivity index (χ1) is 8.38. The highest BCUT2D eigenvalue weighted by atomic mass is 15.2. The zero-order valence-corrected chi connectivity index (χ0v) is 9.50. The molecule has 0 atom stereocenters. The summed E-state index contributed by atoms with van der Waals surface area (Å²) in [5, 5.41) is 0. The Balaban J connectivity index is 2.01. The van der Waals surface area contributed by atoms with Crippen LogP contribution in [0.5, 0.6) is 0 Å². The van der Waals surface area contributed by atoms with Crippen molar-refractivity contribution in [2.45, 2.75) is 13.0 Å². The van der Waals surface area contributed by atoms with Crippen molar-refractivity contribution < 1.29 is 0 Å². The number of rotatable bonds is 2. The van der Waals surface area contributed by atoms with Gasteiger partial charge < -0.3 is 10.6 Å². The predicted molar refractivity (Wildman–Crippen MR) is 67.1 cm³/mol. The highest BCUT2D eigenvalue weighted by Crippen LogP contribution is 2.32. The van der Waals surface area contributed by atoms with E-state index < -0.39 is 0 Å². The summed E-state index contributed by atoms with van der Waals surface area (Å²) >= 11 is 0. The molecular formula is C13H14N4. The van der Waals surface area contributed by atoms with Gasteiger partial charge in [-0.15, -0.1) is 0 Å². The van der Waals surface area contributed by atoms with Gasteiger partial charge in [0.25, 0.3) is 0 Å². The number of nitrogens with zero attached hydrogens (tertiary/aromatic N) is 3. The van der Waals surface area contributed by atoms with Crippen molar-refractivity contribution in [1.29, 1.82) is 0 Å². The van der Waals surface area contributed by atoms with Crippen molar-refractivity contribution in [2.24, 2.45) is 5.73 Å². The molecule has 1 aromatic heterocycles. The molecule has 1 aliphatic rings. The molecule has 0 bridgehead atoms. The summed E-state index contributed by atoms with van der Waals surface area (Å²) in [4.78, 5) is 10.8. The number of nitrogens with two attached hydrogens (primary N) is 1. The van der Waals surface area contributed by atoms with Crippen LogP contribution in [0.4, 0.5) is 11.5 Å². The lowest BCUT2D eigenvalue weighted by atomic mass is 10.2. The Morgan fingerprint density at radius 3 is 3.00 bits per heavy atom. The Morgan fingerprint density at radius 2 is 2.12 bits per heavy atom. The predicted octanol–water partition coefficient (Wildman–Crippen LogP) is 1.63. The fourth-order valence-electron chi connectivity index (χ4n) is 2.21. The Kier molecular flexibility index (Phi) is 2.49. The lowest BCUT2D eigenvalue weighted by Gasteiger charge is -2.18. The number of para-hydroxylation sites is 1. The lowest BCUT2D eigenvalue weighted by Crippen LogP contribution is -2.16. The Morgan fingerprint density at radius 1 is 1.24 bits per heavy atom. The van der Waals surface area contributed by atoms with Gasteiger partial charge in [0.05, 0.1) is 6.54 Å². The minimum atomic E-state index is 0.378. The van der Waals surface area contributed by atoms with E-state index in [0.717, 1.165) is 18.8 Å². The van der Waals surface area contributed by atoms with Gasteiger partial charge in [0.1, 0.15) is 11.6 Å². The second-order valence-electron chi connectivity index (χ2n) is 4.07. The lowest BCUT2D eigenvalue weighted by molar-refractivity contribution is 0.883. The summed E-state index contributed by atoms with van der Waals surface area (Å²) in [6, 6.07) is 10.4. The van der Waals surface area contributed by atoms with Crippen molar-refractivity contribution in [2.75, 3.05) is 11.4 Å². The Labute approximate surface area is 100 Å². The standard InChI is InChI=1S/C13H14N4/c14-9-12-15-7-5-13(16-12)17-8-6-10-3-1-2-4-11(10)17/h1-5,7H,6,8-9,14H2. The topological polar surface area (TPSA) is 55.0 Å². The average molecular weight is 226 g/mol. The fraction of sp³-hybridized carbons (Fsp3) is 0.231. The van der Waals surface area contributed by atoms with Crippen LogP contribution in [-0.4, -0.2) is 16.5 Å². The second kappa shape index (κ2) is 4.14. The van der Waals surface area contributed by atoms with Crippen LogP contribution in [0.15, 0.2) is 36.5 Å². The molecule has 0 spiro atoms. The molecule has 2 aromatic rings. The van der Waals surface area contributed by atoms with Crippen molar-refractivity contribution in [3.63, 3.8) is 0 Å². The molecule has 4 nitrogen and oxygen atoms in total. The normalized spacial score (nSPS) is 13.8. The van der Waals surface area contributed by atoms with E-state index in [0.29, 0.717) is 12.4 Å². The molecule has 86 valence electrons. The van der Waals surface area contributed by atoms with Crippen molar-refractivity contribution in [3.8, 4) is 0 Å². The van der Waals surface area contributed by atoms with Crippen LogP contribution in [0.1, 0.15) is 11.4 Å². The largest absolute Gasteiger partial charge is 0.326 e. The molecule has 2 N–H and O–H groups in total. The number of hydrogen-bond donors (Lipinski definition) is 1. The first kappa shape index (κ1) is 10.2. The van der Waals surface area contributed by atoms with E-state index >= 15 is 0 Å². The SMILES string of the molecule is NCc1nccc(N2CCc3ccccc32)n1. The highest BCUT2D eigenvalue weighted by Gasteiger charge is 2.20. The number of fused-ring (bicyclic) bond motifs is 1. The molecule has 0 saturated heterocycles. The average Bonchev–Trinajstić information content (AvgIpc) is 2.82. The Bertz CT molecular complexity index is 538. The van der Waals surface area contributed by atoms with Crippen LogP contribution in [-0.2, 0) is 13.0 Å². The maximum absolute atomic E-state index is 5.57. The van der Waals surface area contributed by atoms with Crippen molar-refractivity contribution in [1.82, 2.24) is 9.97 Å². The molecule has 0 saturated carbocycles. The summed E-state index contributed by atoms with van der Waals surface area (Å²) in [7, 11) is 0. The molecule has 1 aliphatic heterocycles. The summed E-state index contributed by atoms with van der Waals surface area (Å²) in [6.45, 7) is 1.35. The van der Waals surface area contributed by atoms with Crippen LogP contribution in [0.2, 0.25) is 0 Å². The summed E-state index contributed by atoms with van der Waals surface area (Å²) < 4.78 is 0. The van der Waals surface area contributed by atoms with Crippen LogP contribution in [0.25, 0.3) is 0 Å². The van der Waals surface area contributed by atoms with E-state index in [-0.39, 0.29) is 0 Å². The first-order valence-corrected chi connectivity index (χ1v) is 5.76. The zero-order valence-electron chi connectivity index (χ0n) is 9.50. The van der Waals surface area contributed by atoms with Crippen molar-refractivity contribution in [3.05, 3.63) is 47.9 Å². The quantitative estimate of drug-likeness (QED) is 0.845. The van der Waals surface area contributed by atoms with Gasteiger partial charge in [0, 0.05) is 18.4 Å².